The van der Waals surface area contributed by atoms with E-state index in [4.69, 9.17) is 10.5 Å². The highest BCUT2D eigenvalue weighted by atomic mass is 16.5. The number of nitrogens with zero attached hydrogens (tertiary/aromatic N) is 3. The maximum absolute atomic E-state index is 12.7. The van der Waals surface area contributed by atoms with E-state index in [0.29, 0.717) is 19.7 Å². The number of hydrogen-bond acceptors (Lipinski definition) is 4. The van der Waals surface area contributed by atoms with E-state index in [-0.39, 0.29) is 5.91 Å². The van der Waals surface area contributed by atoms with Gasteiger partial charge in [-0.2, -0.15) is 5.10 Å². The summed E-state index contributed by atoms with van der Waals surface area (Å²) in [6.45, 7) is 3.49. The van der Waals surface area contributed by atoms with Crippen LogP contribution < -0.4 is 5.73 Å². The van der Waals surface area contributed by atoms with Gasteiger partial charge in [0.2, 0.25) is 5.91 Å². The molecule has 0 saturated carbocycles. The Morgan fingerprint density at radius 1 is 1.39 bits per heavy atom. The lowest BCUT2D eigenvalue weighted by atomic mass is 9.96. The Labute approximate surface area is 135 Å². The molecule has 1 aromatic carbocycles. The van der Waals surface area contributed by atoms with Crippen molar-refractivity contribution in [1.82, 2.24) is 14.7 Å². The molecule has 0 spiro atoms. The third-order valence-corrected chi connectivity index (χ3v) is 4.33. The molecule has 3 rings (SSSR count). The lowest BCUT2D eigenvalue weighted by Gasteiger charge is -2.40. The van der Waals surface area contributed by atoms with Crippen LogP contribution in [0.2, 0.25) is 0 Å². The van der Waals surface area contributed by atoms with Crippen LogP contribution in [0.4, 0.5) is 0 Å². The van der Waals surface area contributed by atoms with Gasteiger partial charge < -0.3 is 15.4 Å². The molecule has 23 heavy (non-hydrogen) atoms. The predicted octanol–water partition coefficient (Wildman–Crippen LogP) is 1.19. The molecule has 1 saturated heterocycles. The van der Waals surface area contributed by atoms with Crippen molar-refractivity contribution >= 4 is 5.91 Å². The van der Waals surface area contributed by atoms with E-state index >= 15 is 0 Å². The summed E-state index contributed by atoms with van der Waals surface area (Å²) in [5.74, 6) is -0.0744. The Morgan fingerprint density at radius 3 is 2.78 bits per heavy atom. The van der Waals surface area contributed by atoms with Gasteiger partial charge in [-0.15, -0.1) is 0 Å². The van der Waals surface area contributed by atoms with Crippen LogP contribution in [0.3, 0.4) is 0 Å². The summed E-state index contributed by atoms with van der Waals surface area (Å²) in [6.07, 6.45) is 3.70. The minimum Gasteiger partial charge on any atom is -0.367 e. The highest BCUT2D eigenvalue weighted by Crippen LogP contribution is 2.30. The van der Waals surface area contributed by atoms with Gasteiger partial charge in [0.1, 0.15) is 11.6 Å². The molecular weight excluding hydrogens is 292 g/mol. The molecule has 1 amide bonds. The van der Waals surface area contributed by atoms with Crippen LogP contribution in [0, 0.1) is 0 Å². The van der Waals surface area contributed by atoms with Crippen LogP contribution in [-0.4, -0.2) is 40.3 Å². The number of rotatable bonds is 3. The SMILES string of the molecule is Cn1cc([C@]2(C)CN(C(=O)[C@H](N)c3ccccc3)CCO2)cn1. The van der Waals surface area contributed by atoms with E-state index in [0.717, 1.165) is 11.1 Å². The van der Waals surface area contributed by atoms with Crippen molar-refractivity contribution < 1.29 is 9.53 Å². The van der Waals surface area contributed by atoms with Crippen LogP contribution in [0.15, 0.2) is 42.7 Å². The Bertz CT molecular complexity index is 685. The molecule has 122 valence electrons. The number of ether oxygens (including phenoxy) is 1. The second-order valence-corrected chi connectivity index (χ2v) is 6.13. The number of aryl methyl sites for hydroxylation is 1. The number of nitrogens with two attached hydrogens (primary N) is 1. The molecule has 2 N–H and O–H groups in total. The lowest BCUT2D eigenvalue weighted by Crippen LogP contribution is -2.52. The van der Waals surface area contributed by atoms with E-state index in [2.05, 4.69) is 5.10 Å². The largest absolute Gasteiger partial charge is 0.367 e. The van der Waals surface area contributed by atoms with Crippen molar-refractivity contribution in [2.45, 2.75) is 18.6 Å². The van der Waals surface area contributed by atoms with Crippen molar-refractivity contribution in [3.63, 3.8) is 0 Å². The third-order valence-electron chi connectivity index (χ3n) is 4.33. The number of carbonyl (C=O) groups is 1. The van der Waals surface area contributed by atoms with Gasteiger partial charge in [0.15, 0.2) is 0 Å². The van der Waals surface area contributed by atoms with Gasteiger partial charge in [-0.1, -0.05) is 30.3 Å². The average Bonchev–Trinajstić information content (AvgIpc) is 3.02. The molecular formula is C17H22N4O2. The zero-order valence-electron chi connectivity index (χ0n) is 13.5. The quantitative estimate of drug-likeness (QED) is 0.924. The van der Waals surface area contributed by atoms with Crippen LogP contribution >= 0.6 is 0 Å². The Balaban J connectivity index is 1.77. The lowest BCUT2D eigenvalue weighted by molar-refractivity contribution is -0.151. The van der Waals surface area contributed by atoms with Crippen molar-refractivity contribution in [3.8, 4) is 0 Å². The molecule has 1 aliphatic heterocycles. The van der Waals surface area contributed by atoms with E-state index in [1.54, 1.807) is 15.8 Å². The summed E-state index contributed by atoms with van der Waals surface area (Å²) < 4.78 is 7.68. The normalized spacial score (nSPS) is 22.8. The Kier molecular flexibility index (Phi) is 4.19. The van der Waals surface area contributed by atoms with Crippen LogP contribution in [-0.2, 0) is 22.2 Å². The maximum Gasteiger partial charge on any atom is 0.244 e. The molecule has 1 aliphatic rings. The van der Waals surface area contributed by atoms with Crippen molar-refractivity contribution in [2.24, 2.45) is 12.8 Å². The first-order chi connectivity index (χ1) is 11.0. The van der Waals surface area contributed by atoms with Crippen molar-refractivity contribution in [3.05, 3.63) is 53.9 Å². The van der Waals surface area contributed by atoms with Crippen LogP contribution in [0.5, 0.6) is 0 Å². The fourth-order valence-corrected chi connectivity index (χ4v) is 2.93. The van der Waals surface area contributed by atoms with Crippen LogP contribution in [0.25, 0.3) is 0 Å². The number of carbonyl (C=O) groups excluding carboxylic acids is 1. The summed E-state index contributed by atoms with van der Waals surface area (Å²) >= 11 is 0. The van der Waals surface area contributed by atoms with Crippen molar-refractivity contribution in [2.75, 3.05) is 19.7 Å². The monoisotopic (exact) mass is 314 g/mol. The number of benzene rings is 1. The third kappa shape index (κ3) is 3.13. The predicted molar refractivity (Wildman–Crippen MR) is 86.5 cm³/mol. The van der Waals surface area contributed by atoms with Gasteiger partial charge in [-0.3, -0.25) is 9.48 Å². The van der Waals surface area contributed by atoms with E-state index in [1.807, 2.05) is 50.5 Å². The van der Waals surface area contributed by atoms with Gasteiger partial charge in [0, 0.05) is 25.4 Å². The molecule has 0 aliphatic carbocycles. The minimum atomic E-state index is -0.646. The molecule has 2 atom stereocenters. The molecule has 6 heteroatoms. The summed E-state index contributed by atoms with van der Waals surface area (Å²) in [7, 11) is 1.87. The first-order valence-electron chi connectivity index (χ1n) is 7.72. The zero-order valence-corrected chi connectivity index (χ0v) is 13.5. The molecule has 2 heterocycles. The number of morpholine rings is 1. The molecule has 0 bridgehead atoms. The zero-order chi connectivity index (χ0) is 16.4. The molecule has 6 nitrogen and oxygen atoms in total. The summed E-state index contributed by atoms with van der Waals surface area (Å²) in [5.41, 5.74) is 7.38. The second kappa shape index (κ2) is 6.14. The second-order valence-electron chi connectivity index (χ2n) is 6.13. The molecule has 0 unspecified atom stereocenters. The molecule has 1 aromatic heterocycles. The Hall–Kier alpha value is -2.18. The van der Waals surface area contributed by atoms with Gasteiger partial charge in [-0.05, 0) is 12.5 Å². The highest BCUT2D eigenvalue weighted by molar-refractivity contribution is 5.83. The van der Waals surface area contributed by atoms with Gasteiger partial charge >= 0.3 is 0 Å². The Morgan fingerprint density at radius 2 is 2.13 bits per heavy atom. The van der Waals surface area contributed by atoms with Crippen molar-refractivity contribution in [1.29, 1.82) is 0 Å². The summed E-state index contributed by atoms with van der Waals surface area (Å²) in [6, 6.07) is 8.80. The average molecular weight is 314 g/mol. The topological polar surface area (TPSA) is 73.4 Å². The molecule has 2 aromatic rings. The first kappa shape index (κ1) is 15.7. The first-order valence-corrected chi connectivity index (χ1v) is 7.72. The summed E-state index contributed by atoms with van der Waals surface area (Å²) in [4.78, 5) is 14.5. The fourth-order valence-electron chi connectivity index (χ4n) is 2.93. The number of hydrogen-bond donors (Lipinski definition) is 1. The smallest absolute Gasteiger partial charge is 0.244 e. The maximum atomic E-state index is 12.7. The number of amides is 1. The highest BCUT2D eigenvalue weighted by Gasteiger charge is 2.38. The number of aromatic nitrogens is 2. The van der Waals surface area contributed by atoms with E-state index < -0.39 is 11.6 Å². The molecule has 1 fully saturated rings. The molecule has 0 radical (unpaired) electrons. The van der Waals surface area contributed by atoms with Gasteiger partial charge in [-0.25, -0.2) is 0 Å². The van der Waals surface area contributed by atoms with E-state index in [9.17, 15) is 4.79 Å². The minimum absolute atomic E-state index is 0.0744. The summed E-state index contributed by atoms with van der Waals surface area (Å²) in [5, 5.41) is 4.20. The standard InChI is InChI=1S/C17H22N4O2/c1-17(14-10-19-20(2)11-14)12-21(8-9-23-17)16(22)15(18)13-6-4-3-5-7-13/h3-7,10-11,15H,8-9,12,18H2,1-2H3/t15-,17+/m1/s1. The van der Waals surface area contributed by atoms with E-state index in [1.165, 1.54) is 0 Å². The van der Waals surface area contributed by atoms with Crippen LogP contribution in [0.1, 0.15) is 24.1 Å². The van der Waals surface area contributed by atoms with Gasteiger partial charge in [0.05, 0.1) is 19.3 Å². The van der Waals surface area contributed by atoms with Gasteiger partial charge in [0.25, 0.3) is 0 Å². The fraction of sp³-hybridized carbons (Fsp3) is 0.412.